The van der Waals surface area contributed by atoms with Crippen LogP contribution in [0.5, 0.6) is 0 Å². The number of fused-ring (bicyclic) bond motifs is 1. The number of amides is 2. The minimum absolute atomic E-state index is 0.0993. The topological polar surface area (TPSA) is 49.4 Å². The molecule has 4 nitrogen and oxygen atoms in total. The highest BCUT2D eigenvalue weighted by atomic mass is 16.2. The van der Waals surface area contributed by atoms with E-state index in [1.54, 1.807) is 24.3 Å². The van der Waals surface area contributed by atoms with Crippen molar-refractivity contribution in [2.24, 2.45) is 0 Å². The Balaban J connectivity index is 0.000000771. The number of nitrogens with one attached hydrogen (secondary N) is 1. The van der Waals surface area contributed by atoms with E-state index in [-0.39, 0.29) is 17.9 Å². The van der Waals surface area contributed by atoms with Crippen LogP contribution in [0.3, 0.4) is 0 Å². The molecule has 0 aromatic heterocycles. The lowest BCUT2D eigenvalue weighted by Crippen LogP contribution is -2.40. The van der Waals surface area contributed by atoms with E-state index in [0.717, 1.165) is 0 Å². The van der Waals surface area contributed by atoms with E-state index in [0.29, 0.717) is 17.7 Å². The van der Waals surface area contributed by atoms with Crippen LogP contribution in [0.1, 0.15) is 27.6 Å². The average molecular weight is 246 g/mol. The van der Waals surface area contributed by atoms with Gasteiger partial charge in [0.2, 0.25) is 0 Å². The van der Waals surface area contributed by atoms with Crippen molar-refractivity contribution in [2.75, 3.05) is 13.6 Å². The lowest BCUT2D eigenvalue weighted by Gasteiger charge is -2.18. The minimum Gasteiger partial charge on any atom is -0.315 e. The summed E-state index contributed by atoms with van der Waals surface area (Å²) in [7, 11) is 1.81. The highest BCUT2D eigenvalue weighted by molar-refractivity contribution is 6.21. The number of rotatable bonds is 3. The van der Waals surface area contributed by atoms with Crippen molar-refractivity contribution < 1.29 is 9.59 Å². The third-order valence-corrected chi connectivity index (χ3v) is 2.83. The Morgan fingerprint density at radius 3 is 2.00 bits per heavy atom. The van der Waals surface area contributed by atoms with Gasteiger partial charge in [-0.15, -0.1) is 13.2 Å². The molecule has 18 heavy (non-hydrogen) atoms. The summed E-state index contributed by atoms with van der Waals surface area (Å²) in [5.41, 5.74) is 1.02. The molecule has 0 radical (unpaired) electrons. The Kier molecular flexibility index (Phi) is 4.80. The number of carbonyl (C=O) groups excluding carboxylic acids is 2. The summed E-state index contributed by atoms with van der Waals surface area (Å²) in [6.07, 6.45) is 0. The maximum atomic E-state index is 11.9. The van der Waals surface area contributed by atoms with Gasteiger partial charge < -0.3 is 5.32 Å². The highest BCUT2D eigenvalue weighted by Crippen LogP contribution is 2.22. The Bertz CT molecular complexity index is 422. The van der Waals surface area contributed by atoms with Gasteiger partial charge in [0, 0.05) is 12.6 Å². The van der Waals surface area contributed by atoms with Gasteiger partial charge in [0.1, 0.15) is 0 Å². The molecule has 1 aliphatic rings. The molecule has 1 aromatic carbocycles. The number of benzene rings is 1. The van der Waals surface area contributed by atoms with Crippen LogP contribution in [0.25, 0.3) is 0 Å². The molecule has 4 heteroatoms. The lowest BCUT2D eigenvalue weighted by atomic mass is 10.1. The Hall–Kier alpha value is -1.94. The molecule has 0 saturated carbocycles. The van der Waals surface area contributed by atoms with Crippen LogP contribution >= 0.6 is 0 Å². The number of nitrogens with zero attached hydrogens (tertiary/aromatic N) is 1. The summed E-state index contributed by atoms with van der Waals surface area (Å²) in [4.78, 5) is 25.2. The van der Waals surface area contributed by atoms with Crippen LogP contribution in [0, 0.1) is 0 Å². The van der Waals surface area contributed by atoms with Gasteiger partial charge in [-0.25, -0.2) is 0 Å². The lowest BCUT2D eigenvalue weighted by molar-refractivity contribution is 0.0642. The molecule has 0 spiro atoms. The van der Waals surface area contributed by atoms with Gasteiger partial charge in [0.25, 0.3) is 11.8 Å². The van der Waals surface area contributed by atoms with E-state index < -0.39 is 0 Å². The van der Waals surface area contributed by atoms with Crippen LogP contribution in [0.15, 0.2) is 37.4 Å². The number of likely N-dealkylation sites (N-methyl/N-ethyl adjacent to an activating group) is 1. The van der Waals surface area contributed by atoms with Crippen molar-refractivity contribution in [3.63, 3.8) is 0 Å². The van der Waals surface area contributed by atoms with Crippen molar-refractivity contribution in [3.8, 4) is 0 Å². The van der Waals surface area contributed by atoms with E-state index in [2.05, 4.69) is 18.5 Å². The van der Waals surface area contributed by atoms with Crippen LogP contribution < -0.4 is 5.32 Å². The number of carbonyl (C=O) groups is 2. The van der Waals surface area contributed by atoms with E-state index >= 15 is 0 Å². The van der Waals surface area contributed by atoms with Crippen molar-refractivity contribution in [1.82, 2.24) is 10.2 Å². The van der Waals surface area contributed by atoms with Crippen LogP contribution in [0.4, 0.5) is 0 Å². The van der Waals surface area contributed by atoms with Crippen LogP contribution in [-0.2, 0) is 0 Å². The van der Waals surface area contributed by atoms with Crippen LogP contribution in [-0.4, -0.2) is 36.3 Å². The number of hydrogen-bond acceptors (Lipinski definition) is 3. The van der Waals surface area contributed by atoms with Gasteiger partial charge >= 0.3 is 0 Å². The zero-order valence-corrected chi connectivity index (χ0v) is 10.8. The maximum absolute atomic E-state index is 11.9. The molecule has 0 fully saturated rings. The van der Waals surface area contributed by atoms with Gasteiger partial charge in [-0.2, -0.15) is 0 Å². The van der Waals surface area contributed by atoms with E-state index in [4.69, 9.17) is 0 Å². The van der Waals surface area contributed by atoms with Crippen molar-refractivity contribution in [3.05, 3.63) is 48.6 Å². The van der Waals surface area contributed by atoms with E-state index in [1.807, 2.05) is 14.0 Å². The normalized spacial score (nSPS) is 14.9. The minimum atomic E-state index is -0.192. The molecular formula is C14H18N2O2. The summed E-state index contributed by atoms with van der Waals surface area (Å²) in [5.74, 6) is -0.384. The molecule has 1 aliphatic heterocycles. The Morgan fingerprint density at radius 2 is 1.61 bits per heavy atom. The maximum Gasteiger partial charge on any atom is 0.261 e. The quantitative estimate of drug-likeness (QED) is 0.652. The third-order valence-electron chi connectivity index (χ3n) is 2.83. The molecule has 1 N–H and O–H groups in total. The summed E-state index contributed by atoms with van der Waals surface area (Å²) >= 11 is 0. The molecule has 2 amide bonds. The van der Waals surface area contributed by atoms with Crippen molar-refractivity contribution >= 4 is 11.8 Å². The highest BCUT2D eigenvalue weighted by Gasteiger charge is 2.35. The fourth-order valence-corrected chi connectivity index (χ4v) is 1.77. The molecule has 1 atom stereocenters. The van der Waals surface area contributed by atoms with Gasteiger partial charge in [0.15, 0.2) is 0 Å². The Morgan fingerprint density at radius 1 is 1.17 bits per heavy atom. The first-order chi connectivity index (χ1) is 8.65. The number of imide groups is 1. The third kappa shape index (κ3) is 2.49. The van der Waals surface area contributed by atoms with Gasteiger partial charge in [0.05, 0.1) is 11.1 Å². The monoisotopic (exact) mass is 246 g/mol. The van der Waals surface area contributed by atoms with Crippen molar-refractivity contribution in [1.29, 1.82) is 0 Å². The first-order valence-electron chi connectivity index (χ1n) is 5.77. The second-order valence-electron chi connectivity index (χ2n) is 3.96. The van der Waals surface area contributed by atoms with Crippen molar-refractivity contribution in [2.45, 2.75) is 13.0 Å². The molecule has 0 saturated heterocycles. The summed E-state index contributed by atoms with van der Waals surface area (Å²) in [6.45, 7) is 8.34. The summed E-state index contributed by atoms with van der Waals surface area (Å²) in [5, 5.41) is 3.01. The first kappa shape index (κ1) is 14.1. The zero-order chi connectivity index (χ0) is 13.7. The first-order valence-corrected chi connectivity index (χ1v) is 5.77. The van der Waals surface area contributed by atoms with Crippen LogP contribution in [0.2, 0.25) is 0 Å². The molecule has 1 aromatic rings. The standard InChI is InChI=1S/C12H14N2O2.C2H4/c1-8(13-2)7-14-11(15)9-5-3-4-6-10(9)12(14)16;1-2/h3-6,8,13H,7H2,1-2H3;1-2H2. The second kappa shape index (κ2) is 6.12. The molecule has 0 bridgehead atoms. The molecule has 1 heterocycles. The fourth-order valence-electron chi connectivity index (χ4n) is 1.77. The summed E-state index contributed by atoms with van der Waals surface area (Å²) in [6, 6.07) is 7.03. The molecule has 96 valence electrons. The van der Waals surface area contributed by atoms with Gasteiger partial charge in [-0.3, -0.25) is 14.5 Å². The zero-order valence-electron chi connectivity index (χ0n) is 10.8. The predicted octanol–water partition coefficient (Wildman–Crippen LogP) is 1.69. The molecule has 0 aliphatic carbocycles. The smallest absolute Gasteiger partial charge is 0.261 e. The average Bonchev–Trinajstić information content (AvgIpc) is 2.66. The number of hydrogen-bond donors (Lipinski definition) is 1. The molecule has 2 rings (SSSR count). The van der Waals surface area contributed by atoms with Gasteiger partial charge in [-0.05, 0) is 26.1 Å². The largest absolute Gasteiger partial charge is 0.315 e. The Labute approximate surface area is 107 Å². The predicted molar refractivity (Wildman–Crippen MR) is 71.6 cm³/mol. The second-order valence-corrected chi connectivity index (χ2v) is 3.96. The molecule has 1 unspecified atom stereocenters. The molecular weight excluding hydrogens is 228 g/mol. The fraction of sp³-hybridized carbons (Fsp3) is 0.286. The van der Waals surface area contributed by atoms with E-state index in [9.17, 15) is 9.59 Å². The van der Waals surface area contributed by atoms with E-state index in [1.165, 1.54) is 4.90 Å². The summed E-state index contributed by atoms with van der Waals surface area (Å²) < 4.78 is 0. The SMILES string of the molecule is C=C.CNC(C)CN1C(=O)c2ccccc2C1=O. The van der Waals surface area contributed by atoms with Gasteiger partial charge in [-0.1, -0.05) is 12.1 Å².